The number of benzene rings is 2. The number of nitrogens with zero attached hydrogens (tertiary/aromatic N) is 3. The summed E-state index contributed by atoms with van der Waals surface area (Å²) in [6.45, 7) is 0.411. The van der Waals surface area contributed by atoms with E-state index in [-0.39, 0.29) is 22.9 Å². The summed E-state index contributed by atoms with van der Waals surface area (Å²) in [7, 11) is 3.15. The number of carbonyl (C=O) groups excluding carboxylic acids is 1. The van der Waals surface area contributed by atoms with Gasteiger partial charge in [0.1, 0.15) is 21.3 Å². The molecule has 1 fully saturated rings. The molecular weight excluding hydrogens is 522 g/mol. The zero-order valence-electron chi connectivity index (χ0n) is 20.6. The fourth-order valence-electron chi connectivity index (χ4n) is 3.95. The van der Waals surface area contributed by atoms with Gasteiger partial charge in [0.15, 0.2) is 11.5 Å². The van der Waals surface area contributed by atoms with Gasteiger partial charge in [0.25, 0.3) is 11.5 Å². The van der Waals surface area contributed by atoms with E-state index in [9.17, 15) is 9.59 Å². The van der Waals surface area contributed by atoms with Gasteiger partial charge in [-0.25, -0.2) is 0 Å². The lowest BCUT2D eigenvalue weighted by Crippen LogP contribution is -2.30. The van der Waals surface area contributed by atoms with Crippen molar-refractivity contribution >= 4 is 45.9 Å². The van der Waals surface area contributed by atoms with E-state index in [1.165, 1.54) is 17.6 Å². The molecule has 8 nitrogen and oxygen atoms in total. The maximum atomic E-state index is 13.5. The second-order valence-electron chi connectivity index (χ2n) is 8.25. The maximum Gasteiger partial charge on any atom is 0.269 e. The number of carbonyl (C=O) groups is 1. The SMILES string of the molecule is COc1ccc(CCN2C(=O)/C(=C\c3c(Oc4ccccc4OC)nc4ccccn4c3=O)SC2=S)cc1. The normalized spacial score (nSPS) is 14.4. The van der Waals surface area contributed by atoms with Crippen LogP contribution in [0.3, 0.4) is 0 Å². The summed E-state index contributed by atoms with van der Waals surface area (Å²) in [5, 5.41) is 0. The third kappa shape index (κ3) is 5.13. The number of aromatic nitrogens is 2. The molecular formula is C28H23N3O5S2. The average Bonchev–Trinajstić information content (AvgIpc) is 3.21. The van der Waals surface area contributed by atoms with Gasteiger partial charge < -0.3 is 14.2 Å². The number of rotatable bonds is 8. The van der Waals surface area contributed by atoms with Crippen LogP contribution in [0.15, 0.2) is 82.6 Å². The molecule has 1 aliphatic heterocycles. The first-order valence-electron chi connectivity index (χ1n) is 11.7. The monoisotopic (exact) mass is 545 g/mol. The first-order valence-corrected chi connectivity index (χ1v) is 12.9. The summed E-state index contributed by atoms with van der Waals surface area (Å²) in [6, 6.07) is 20.0. The Balaban J connectivity index is 1.48. The zero-order valence-corrected chi connectivity index (χ0v) is 22.3. The number of fused-ring (bicyclic) bond motifs is 1. The molecule has 5 rings (SSSR count). The molecule has 38 heavy (non-hydrogen) atoms. The van der Waals surface area contributed by atoms with Crippen molar-refractivity contribution in [2.24, 2.45) is 0 Å². The van der Waals surface area contributed by atoms with Crippen LogP contribution in [0.5, 0.6) is 23.1 Å². The highest BCUT2D eigenvalue weighted by molar-refractivity contribution is 8.26. The van der Waals surface area contributed by atoms with Crippen LogP contribution in [0.25, 0.3) is 11.7 Å². The van der Waals surface area contributed by atoms with E-state index in [0.717, 1.165) is 23.1 Å². The average molecular weight is 546 g/mol. The van der Waals surface area contributed by atoms with Crippen LogP contribution in [0.1, 0.15) is 11.1 Å². The molecule has 3 heterocycles. The minimum atomic E-state index is -0.371. The van der Waals surface area contributed by atoms with Crippen molar-refractivity contribution < 1.29 is 19.0 Å². The third-order valence-electron chi connectivity index (χ3n) is 5.94. The van der Waals surface area contributed by atoms with E-state index in [4.69, 9.17) is 26.4 Å². The number of methoxy groups -OCH3 is 2. The zero-order chi connectivity index (χ0) is 26.6. The van der Waals surface area contributed by atoms with E-state index < -0.39 is 0 Å². The van der Waals surface area contributed by atoms with Gasteiger partial charge in [0, 0.05) is 12.7 Å². The Hall–Kier alpha value is -4.15. The summed E-state index contributed by atoms with van der Waals surface area (Å²) in [6.07, 6.45) is 3.74. The predicted octanol–water partition coefficient (Wildman–Crippen LogP) is 4.95. The van der Waals surface area contributed by atoms with E-state index in [0.29, 0.717) is 39.3 Å². The molecule has 4 aromatic rings. The van der Waals surface area contributed by atoms with Crippen LogP contribution in [0, 0.1) is 0 Å². The van der Waals surface area contributed by atoms with Crippen molar-refractivity contribution in [2.45, 2.75) is 6.42 Å². The van der Waals surface area contributed by atoms with E-state index >= 15 is 0 Å². The third-order valence-corrected chi connectivity index (χ3v) is 7.32. The van der Waals surface area contributed by atoms with Gasteiger partial charge in [0.05, 0.1) is 19.1 Å². The molecule has 0 atom stereocenters. The lowest BCUT2D eigenvalue weighted by atomic mass is 10.1. The van der Waals surface area contributed by atoms with Crippen molar-refractivity contribution in [3.63, 3.8) is 0 Å². The van der Waals surface area contributed by atoms with Crippen LogP contribution >= 0.6 is 24.0 Å². The number of pyridine rings is 1. The minimum absolute atomic E-state index is 0.0641. The van der Waals surface area contributed by atoms with Crippen molar-refractivity contribution in [1.29, 1.82) is 0 Å². The van der Waals surface area contributed by atoms with Crippen molar-refractivity contribution in [3.05, 3.63) is 99.3 Å². The lowest BCUT2D eigenvalue weighted by molar-refractivity contribution is -0.122. The van der Waals surface area contributed by atoms with Gasteiger partial charge in [-0.2, -0.15) is 4.98 Å². The van der Waals surface area contributed by atoms with Crippen LogP contribution in [-0.2, 0) is 11.2 Å². The topological polar surface area (TPSA) is 82.4 Å². The van der Waals surface area contributed by atoms with Crippen LogP contribution in [-0.4, -0.2) is 45.3 Å². The van der Waals surface area contributed by atoms with Gasteiger partial charge in [-0.1, -0.05) is 54.3 Å². The Morgan fingerprint density at radius 2 is 1.68 bits per heavy atom. The fourth-order valence-corrected chi connectivity index (χ4v) is 5.24. The number of para-hydroxylation sites is 2. The molecule has 0 saturated carbocycles. The number of amides is 1. The summed E-state index contributed by atoms with van der Waals surface area (Å²) >= 11 is 6.65. The van der Waals surface area contributed by atoms with Crippen molar-refractivity contribution in [1.82, 2.24) is 14.3 Å². The number of thioether (sulfide) groups is 1. The van der Waals surface area contributed by atoms with E-state index in [1.807, 2.05) is 30.3 Å². The van der Waals surface area contributed by atoms with Gasteiger partial charge in [0.2, 0.25) is 5.88 Å². The van der Waals surface area contributed by atoms with Crippen LogP contribution < -0.4 is 19.8 Å². The molecule has 1 aliphatic rings. The second kappa shape index (κ2) is 11.1. The highest BCUT2D eigenvalue weighted by Crippen LogP contribution is 2.36. The molecule has 0 N–H and O–H groups in total. The molecule has 0 unspecified atom stereocenters. The van der Waals surface area contributed by atoms with Gasteiger partial charge in [-0.3, -0.25) is 18.9 Å². The van der Waals surface area contributed by atoms with Crippen LogP contribution in [0.4, 0.5) is 0 Å². The van der Waals surface area contributed by atoms with Crippen molar-refractivity contribution in [3.8, 4) is 23.1 Å². The van der Waals surface area contributed by atoms with E-state index in [2.05, 4.69) is 4.98 Å². The molecule has 0 aliphatic carbocycles. The molecule has 1 amide bonds. The number of hydrogen-bond acceptors (Lipinski definition) is 8. The molecule has 0 radical (unpaired) electrons. The lowest BCUT2D eigenvalue weighted by Gasteiger charge is -2.14. The Kier molecular flexibility index (Phi) is 7.43. The summed E-state index contributed by atoms with van der Waals surface area (Å²) in [5.41, 5.74) is 1.22. The number of ether oxygens (including phenoxy) is 3. The quantitative estimate of drug-likeness (QED) is 0.227. The highest BCUT2D eigenvalue weighted by atomic mass is 32.2. The molecule has 10 heteroatoms. The Morgan fingerprint density at radius 1 is 0.947 bits per heavy atom. The first-order chi connectivity index (χ1) is 18.5. The number of hydrogen-bond donors (Lipinski definition) is 0. The van der Waals surface area contributed by atoms with Gasteiger partial charge >= 0.3 is 0 Å². The molecule has 0 bridgehead atoms. The highest BCUT2D eigenvalue weighted by Gasteiger charge is 2.32. The fraction of sp³-hybridized carbons (Fsp3) is 0.143. The largest absolute Gasteiger partial charge is 0.497 e. The minimum Gasteiger partial charge on any atom is -0.497 e. The molecule has 1 saturated heterocycles. The molecule has 192 valence electrons. The maximum absolute atomic E-state index is 13.5. The second-order valence-corrected chi connectivity index (χ2v) is 9.92. The Bertz CT molecular complexity index is 1620. The standard InChI is InChI=1S/C28H23N3O5S2/c1-34-19-12-10-18(11-13-19)14-16-31-27(33)23(38-28(31)37)17-20-25(36-22-8-4-3-7-21(22)35-2)29-24-9-5-6-15-30(24)26(20)32/h3-13,15,17H,14,16H2,1-2H3/b23-17+. The predicted molar refractivity (Wildman–Crippen MR) is 151 cm³/mol. The smallest absolute Gasteiger partial charge is 0.269 e. The van der Waals surface area contributed by atoms with E-state index in [1.54, 1.807) is 54.6 Å². The molecule has 2 aromatic heterocycles. The molecule has 0 spiro atoms. The Morgan fingerprint density at radius 3 is 2.42 bits per heavy atom. The summed E-state index contributed by atoms with van der Waals surface area (Å²) in [4.78, 5) is 33.3. The van der Waals surface area contributed by atoms with Crippen molar-refractivity contribution in [2.75, 3.05) is 20.8 Å². The number of thiocarbonyl (C=S) groups is 1. The summed E-state index contributed by atoms with van der Waals surface area (Å²) < 4.78 is 18.5. The van der Waals surface area contributed by atoms with Gasteiger partial charge in [-0.15, -0.1) is 0 Å². The summed E-state index contributed by atoms with van der Waals surface area (Å²) in [5.74, 6) is 1.44. The first kappa shape index (κ1) is 25.5. The van der Waals surface area contributed by atoms with Crippen LogP contribution in [0.2, 0.25) is 0 Å². The Labute approximate surface area is 228 Å². The molecule has 2 aromatic carbocycles. The van der Waals surface area contributed by atoms with Gasteiger partial charge in [-0.05, 0) is 54.5 Å².